The zero-order valence-electron chi connectivity index (χ0n) is 16.7. The van der Waals surface area contributed by atoms with Gasteiger partial charge in [-0.15, -0.1) is 0 Å². The van der Waals surface area contributed by atoms with Crippen LogP contribution in [-0.4, -0.2) is 46.5 Å². The number of benzene rings is 1. The SMILES string of the molecule is CC(C)CC(NC(=O)OC(C)(C)C)C(=O)NC(CO)[C@H](O)c1ccccc1. The maximum Gasteiger partial charge on any atom is 0.408 e. The summed E-state index contributed by atoms with van der Waals surface area (Å²) in [5.41, 5.74) is -0.0996. The zero-order valence-corrected chi connectivity index (χ0v) is 16.7. The molecule has 7 heteroatoms. The molecular weight excluding hydrogens is 348 g/mol. The van der Waals surface area contributed by atoms with Gasteiger partial charge in [-0.2, -0.15) is 0 Å². The molecule has 2 amide bonds. The van der Waals surface area contributed by atoms with Crippen LogP contribution in [0.3, 0.4) is 0 Å². The Balaban J connectivity index is 2.82. The Morgan fingerprint density at radius 3 is 2.19 bits per heavy atom. The lowest BCUT2D eigenvalue weighted by Gasteiger charge is -2.27. The maximum atomic E-state index is 12.7. The van der Waals surface area contributed by atoms with E-state index in [1.54, 1.807) is 45.0 Å². The summed E-state index contributed by atoms with van der Waals surface area (Å²) in [6, 6.07) is 7.04. The smallest absolute Gasteiger partial charge is 0.408 e. The molecule has 152 valence electrons. The van der Waals surface area contributed by atoms with Gasteiger partial charge in [0.15, 0.2) is 0 Å². The number of hydrogen-bond donors (Lipinski definition) is 4. The van der Waals surface area contributed by atoms with E-state index in [1.807, 2.05) is 19.9 Å². The Hall–Kier alpha value is -2.12. The van der Waals surface area contributed by atoms with Crippen LogP contribution in [0.4, 0.5) is 4.79 Å². The van der Waals surface area contributed by atoms with Gasteiger partial charge in [0.1, 0.15) is 17.7 Å². The Bertz CT molecular complexity index is 598. The zero-order chi connectivity index (χ0) is 20.6. The van der Waals surface area contributed by atoms with Gasteiger partial charge in [-0.3, -0.25) is 4.79 Å². The number of hydrogen-bond acceptors (Lipinski definition) is 5. The highest BCUT2D eigenvalue weighted by atomic mass is 16.6. The highest BCUT2D eigenvalue weighted by Gasteiger charge is 2.29. The van der Waals surface area contributed by atoms with Gasteiger partial charge in [0.05, 0.1) is 12.6 Å². The minimum atomic E-state index is -1.07. The van der Waals surface area contributed by atoms with Gasteiger partial charge >= 0.3 is 6.09 Å². The second-order valence-electron chi connectivity index (χ2n) is 7.98. The molecule has 1 aromatic rings. The van der Waals surface area contributed by atoms with E-state index in [9.17, 15) is 19.8 Å². The predicted molar refractivity (Wildman–Crippen MR) is 103 cm³/mol. The average Bonchev–Trinajstić information content (AvgIpc) is 2.57. The quantitative estimate of drug-likeness (QED) is 0.553. The van der Waals surface area contributed by atoms with Crippen molar-refractivity contribution in [2.45, 2.75) is 64.8 Å². The largest absolute Gasteiger partial charge is 0.444 e. The molecule has 0 fully saturated rings. The lowest BCUT2D eigenvalue weighted by atomic mass is 10.0. The van der Waals surface area contributed by atoms with Gasteiger partial charge in [-0.1, -0.05) is 44.2 Å². The van der Waals surface area contributed by atoms with Crippen LogP contribution in [0.5, 0.6) is 0 Å². The standard InChI is InChI=1S/C20H32N2O5/c1-13(2)11-15(22-19(26)27-20(3,4)5)18(25)21-16(12-23)17(24)14-9-7-6-8-10-14/h6-10,13,15-17,23-24H,11-12H2,1-5H3,(H,21,25)(H,22,26)/t15?,16?,17-/m1/s1. The Labute approximate surface area is 161 Å². The molecule has 4 N–H and O–H groups in total. The number of ether oxygens (including phenoxy) is 1. The van der Waals surface area contributed by atoms with Gasteiger partial charge in [-0.25, -0.2) is 4.79 Å². The van der Waals surface area contributed by atoms with Crippen molar-refractivity contribution >= 4 is 12.0 Å². The number of carbonyl (C=O) groups excluding carboxylic acids is 2. The first-order valence-electron chi connectivity index (χ1n) is 9.17. The molecule has 1 rings (SSSR count). The third kappa shape index (κ3) is 8.41. The molecule has 0 aliphatic heterocycles. The molecule has 1 aromatic carbocycles. The summed E-state index contributed by atoms with van der Waals surface area (Å²) >= 11 is 0. The van der Waals surface area contributed by atoms with E-state index in [-0.39, 0.29) is 5.92 Å². The number of nitrogens with one attached hydrogen (secondary N) is 2. The van der Waals surface area contributed by atoms with Crippen LogP contribution in [0, 0.1) is 5.92 Å². The van der Waals surface area contributed by atoms with Crippen LogP contribution in [0.25, 0.3) is 0 Å². The molecule has 0 aliphatic carbocycles. The first kappa shape index (κ1) is 22.9. The minimum Gasteiger partial charge on any atom is -0.444 e. The highest BCUT2D eigenvalue weighted by Crippen LogP contribution is 2.17. The van der Waals surface area contributed by atoms with Gasteiger partial charge in [0, 0.05) is 0 Å². The van der Waals surface area contributed by atoms with E-state index in [4.69, 9.17) is 4.74 Å². The number of amides is 2. The summed E-state index contributed by atoms with van der Waals surface area (Å²) in [5, 5.41) is 25.3. The summed E-state index contributed by atoms with van der Waals surface area (Å²) in [4.78, 5) is 24.7. The van der Waals surface area contributed by atoms with Gasteiger partial charge in [0.25, 0.3) is 0 Å². The number of carbonyl (C=O) groups is 2. The van der Waals surface area contributed by atoms with Crippen molar-refractivity contribution in [1.29, 1.82) is 0 Å². The highest BCUT2D eigenvalue weighted by molar-refractivity contribution is 5.86. The molecule has 0 saturated heterocycles. The predicted octanol–water partition coefficient (Wildman–Crippen LogP) is 2.14. The Morgan fingerprint density at radius 2 is 1.70 bits per heavy atom. The number of alkyl carbamates (subject to hydrolysis) is 1. The van der Waals surface area contributed by atoms with E-state index in [1.165, 1.54) is 0 Å². The van der Waals surface area contributed by atoms with Gasteiger partial charge in [-0.05, 0) is 38.7 Å². The summed E-state index contributed by atoms with van der Waals surface area (Å²) in [6.07, 6.45) is -1.36. The van der Waals surface area contributed by atoms with E-state index < -0.39 is 42.4 Å². The van der Waals surface area contributed by atoms with E-state index in [0.717, 1.165) is 0 Å². The molecule has 2 unspecified atom stereocenters. The fraction of sp³-hybridized carbons (Fsp3) is 0.600. The van der Waals surface area contributed by atoms with Gasteiger partial charge < -0.3 is 25.6 Å². The molecular formula is C20H32N2O5. The van der Waals surface area contributed by atoms with Crippen molar-refractivity contribution in [1.82, 2.24) is 10.6 Å². The van der Waals surface area contributed by atoms with Crippen molar-refractivity contribution in [3.8, 4) is 0 Å². The van der Waals surface area contributed by atoms with E-state index in [0.29, 0.717) is 12.0 Å². The molecule has 0 heterocycles. The van der Waals surface area contributed by atoms with Crippen LogP contribution in [-0.2, 0) is 9.53 Å². The van der Waals surface area contributed by atoms with Crippen LogP contribution >= 0.6 is 0 Å². The first-order chi connectivity index (χ1) is 12.5. The summed E-state index contributed by atoms with van der Waals surface area (Å²) < 4.78 is 5.22. The molecule has 3 atom stereocenters. The minimum absolute atomic E-state index is 0.141. The third-order valence-corrected chi connectivity index (χ3v) is 3.76. The summed E-state index contributed by atoms with van der Waals surface area (Å²) in [7, 11) is 0. The lowest BCUT2D eigenvalue weighted by Crippen LogP contribution is -2.53. The van der Waals surface area contributed by atoms with Crippen LogP contribution in [0.2, 0.25) is 0 Å². The van der Waals surface area contributed by atoms with Crippen molar-refractivity contribution in [2.24, 2.45) is 5.92 Å². The van der Waals surface area contributed by atoms with Crippen molar-refractivity contribution < 1.29 is 24.5 Å². The fourth-order valence-electron chi connectivity index (χ4n) is 2.54. The van der Waals surface area contributed by atoms with Crippen LogP contribution in [0.1, 0.15) is 52.7 Å². The molecule has 0 aliphatic rings. The lowest BCUT2D eigenvalue weighted by molar-refractivity contribution is -0.125. The molecule has 0 saturated carbocycles. The molecule has 7 nitrogen and oxygen atoms in total. The fourth-order valence-corrected chi connectivity index (χ4v) is 2.54. The number of aliphatic hydroxyl groups excluding tert-OH is 2. The number of aliphatic hydroxyl groups is 2. The second kappa shape index (κ2) is 10.3. The number of rotatable bonds is 8. The molecule has 27 heavy (non-hydrogen) atoms. The monoisotopic (exact) mass is 380 g/mol. The summed E-state index contributed by atoms with van der Waals surface area (Å²) in [5.74, 6) is -0.342. The average molecular weight is 380 g/mol. The van der Waals surface area contributed by atoms with Crippen molar-refractivity contribution in [2.75, 3.05) is 6.61 Å². The molecule has 0 spiro atoms. The molecule has 0 radical (unpaired) electrons. The van der Waals surface area contributed by atoms with Crippen LogP contribution in [0.15, 0.2) is 30.3 Å². The normalized spacial score (nSPS) is 15.0. The van der Waals surface area contributed by atoms with Crippen molar-refractivity contribution in [3.63, 3.8) is 0 Å². The first-order valence-corrected chi connectivity index (χ1v) is 9.17. The Kier molecular flexibility index (Phi) is 8.72. The summed E-state index contributed by atoms with van der Waals surface area (Å²) in [6.45, 7) is 8.63. The van der Waals surface area contributed by atoms with Crippen molar-refractivity contribution in [3.05, 3.63) is 35.9 Å². The Morgan fingerprint density at radius 1 is 1.11 bits per heavy atom. The van der Waals surface area contributed by atoms with Crippen LogP contribution < -0.4 is 10.6 Å². The third-order valence-electron chi connectivity index (χ3n) is 3.76. The van der Waals surface area contributed by atoms with E-state index >= 15 is 0 Å². The maximum absolute atomic E-state index is 12.7. The molecule has 0 aromatic heterocycles. The second-order valence-corrected chi connectivity index (χ2v) is 7.98. The topological polar surface area (TPSA) is 108 Å². The van der Waals surface area contributed by atoms with E-state index in [2.05, 4.69) is 10.6 Å². The molecule has 0 bridgehead atoms. The van der Waals surface area contributed by atoms with Gasteiger partial charge in [0.2, 0.25) is 5.91 Å².